The zero-order valence-corrected chi connectivity index (χ0v) is 13.4. The summed E-state index contributed by atoms with van der Waals surface area (Å²) in [5, 5.41) is 9.72. The first-order valence-corrected chi connectivity index (χ1v) is 7.52. The Labute approximate surface area is 134 Å². The highest BCUT2D eigenvalue weighted by molar-refractivity contribution is 5.88. The molecule has 2 amide bonds. The van der Waals surface area contributed by atoms with Crippen LogP contribution in [0.4, 0.5) is 10.6 Å². The summed E-state index contributed by atoms with van der Waals surface area (Å²) in [4.78, 5) is 15.7. The van der Waals surface area contributed by atoms with Gasteiger partial charge in [0, 0.05) is 12.6 Å². The van der Waals surface area contributed by atoms with Crippen LogP contribution in [-0.2, 0) is 0 Å². The molecule has 6 heteroatoms. The van der Waals surface area contributed by atoms with Crippen molar-refractivity contribution in [2.75, 3.05) is 12.4 Å². The van der Waals surface area contributed by atoms with Crippen molar-refractivity contribution < 1.29 is 4.79 Å². The van der Waals surface area contributed by atoms with Gasteiger partial charge in [0.25, 0.3) is 0 Å². The smallest absolute Gasteiger partial charge is 0.320 e. The minimum Gasteiger partial charge on any atom is -0.341 e. The van der Waals surface area contributed by atoms with Crippen molar-refractivity contribution in [2.45, 2.75) is 19.8 Å². The van der Waals surface area contributed by atoms with E-state index in [-0.39, 0.29) is 6.03 Å². The number of carbonyl (C=O) groups excluding carboxylic acids is 1. The number of nitrogens with zero attached hydrogens (tertiary/aromatic N) is 3. The van der Waals surface area contributed by atoms with Crippen molar-refractivity contribution in [1.29, 1.82) is 0 Å². The molecule has 0 saturated carbocycles. The molecule has 23 heavy (non-hydrogen) atoms. The third kappa shape index (κ3) is 3.15. The molecule has 0 aliphatic carbocycles. The number of fused-ring (bicyclic) bond motifs is 1. The van der Waals surface area contributed by atoms with E-state index in [0.717, 1.165) is 11.3 Å². The summed E-state index contributed by atoms with van der Waals surface area (Å²) in [6.45, 7) is 4.34. The Kier molecular flexibility index (Phi) is 3.97. The molecule has 0 aliphatic heterocycles. The lowest BCUT2D eigenvalue weighted by Crippen LogP contribution is -2.24. The van der Waals surface area contributed by atoms with E-state index in [1.165, 1.54) is 5.56 Å². The van der Waals surface area contributed by atoms with Crippen molar-refractivity contribution >= 4 is 17.5 Å². The Hall–Kier alpha value is -2.89. The standard InChI is InChI=1S/C17H19N5O/c1-11(2)12-5-4-6-13(9-12)14-7-8-16-19-15(10-22(16)21-14)20-17(23)18-3/h4-11H,1-3H3,(H2,18,20,23). The second-order valence-corrected chi connectivity index (χ2v) is 5.63. The van der Waals surface area contributed by atoms with Crippen LogP contribution in [-0.4, -0.2) is 27.7 Å². The monoisotopic (exact) mass is 309 g/mol. The van der Waals surface area contributed by atoms with Gasteiger partial charge in [-0.1, -0.05) is 32.0 Å². The van der Waals surface area contributed by atoms with Crippen LogP contribution in [0.25, 0.3) is 16.9 Å². The van der Waals surface area contributed by atoms with Crippen LogP contribution in [0.3, 0.4) is 0 Å². The number of imidazole rings is 1. The molecule has 2 N–H and O–H groups in total. The highest BCUT2D eigenvalue weighted by Crippen LogP contribution is 2.23. The molecule has 6 nitrogen and oxygen atoms in total. The fraction of sp³-hybridized carbons (Fsp3) is 0.235. The van der Waals surface area contributed by atoms with Crippen LogP contribution < -0.4 is 10.6 Å². The van der Waals surface area contributed by atoms with E-state index in [1.807, 2.05) is 24.3 Å². The van der Waals surface area contributed by atoms with Gasteiger partial charge in [0.05, 0.1) is 11.9 Å². The van der Waals surface area contributed by atoms with Crippen LogP contribution in [0.1, 0.15) is 25.3 Å². The van der Waals surface area contributed by atoms with Gasteiger partial charge in [0.1, 0.15) is 0 Å². The van der Waals surface area contributed by atoms with Crippen LogP contribution >= 0.6 is 0 Å². The van der Waals surface area contributed by atoms with E-state index in [1.54, 1.807) is 17.8 Å². The van der Waals surface area contributed by atoms with Crippen molar-refractivity contribution in [3.63, 3.8) is 0 Å². The molecule has 2 heterocycles. The SMILES string of the molecule is CNC(=O)Nc1cn2nc(-c3cccc(C(C)C)c3)ccc2n1. The van der Waals surface area contributed by atoms with Gasteiger partial charge < -0.3 is 5.32 Å². The molecule has 0 atom stereocenters. The number of benzene rings is 1. The van der Waals surface area contributed by atoms with Gasteiger partial charge >= 0.3 is 6.03 Å². The maximum absolute atomic E-state index is 11.4. The summed E-state index contributed by atoms with van der Waals surface area (Å²) in [6.07, 6.45) is 1.69. The van der Waals surface area contributed by atoms with Crippen LogP contribution in [0.5, 0.6) is 0 Å². The Morgan fingerprint density at radius 1 is 1.22 bits per heavy atom. The molecular formula is C17H19N5O. The fourth-order valence-electron chi connectivity index (χ4n) is 2.33. The number of aromatic nitrogens is 3. The number of nitrogens with one attached hydrogen (secondary N) is 2. The summed E-state index contributed by atoms with van der Waals surface area (Å²) in [6, 6.07) is 11.9. The number of hydrogen-bond acceptors (Lipinski definition) is 3. The first-order chi connectivity index (χ1) is 11.1. The highest BCUT2D eigenvalue weighted by Gasteiger charge is 2.08. The summed E-state index contributed by atoms with van der Waals surface area (Å²) in [7, 11) is 1.56. The van der Waals surface area contributed by atoms with Gasteiger partial charge in [0.2, 0.25) is 0 Å². The largest absolute Gasteiger partial charge is 0.341 e. The maximum atomic E-state index is 11.4. The number of anilines is 1. The second-order valence-electron chi connectivity index (χ2n) is 5.63. The molecular weight excluding hydrogens is 290 g/mol. The Morgan fingerprint density at radius 2 is 2.04 bits per heavy atom. The van der Waals surface area contributed by atoms with Crippen LogP contribution in [0, 0.1) is 0 Å². The third-order valence-electron chi connectivity index (χ3n) is 3.64. The Bertz CT molecular complexity index is 853. The number of amides is 2. The van der Waals surface area contributed by atoms with E-state index < -0.39 is 0 Å². The van der Waals surface area contributed by atoms with Crippen molar-refractivity contribution in [1.82, 2.24) is 19.9 Å². The first kappa shape index (κ1) is 15.0. The second kappa shape index (κ2) is 6.08. The predicted octanol–water partition coefficient (Wildman–Crippen LogP) is 3.27. The molecule has 0 aliphatic rings. The molecule has 3 rings (SSSR count). The van der Waals surface area contributed by atoms with E-state index in [9.17, 15) is 4.79 Å². The summed E-state index contributed by atoms with van der Waals surface area (Å²) in [5.41, 5.74) is 3.88. The molecule has 0 radical (unpaired) electrons. The van der Waals surface area contributed by atoms with Gasteiger partial charge in [-0.2, -0.15) is 5.10 Å². The number of rotatable bonds is 3. The molecule has 0 fully saturated rings. The molecule has 1 aromatic carbocycles. The minimum atomic E-state index is -0.307. The van der Waals surface area contributed by atoms with E-state index in [2.05, 4.69) is 46.7 Å². The molecule has 0 saturated heterocycles. The average Bonchev–Trinajstić information content (AvgIpc) is 2.96. The zero-order valence-electron chi connectivity index (χ0n) is 13.4. The van der Waals surface area contributed by atoms with E-state index >= 15 is 0 Å². The highest BCUT2D eigenvalue weighted by atomic mass is 16.2. The summed E-state index contributed by atoms with van der Waals surface area (Å²) in [5.74, 6) is 0.931. The van der Waals surface area contributed by atoms with Gasteiger partial charge in [-0.25, -0.2) is 14.3 Å². The normalized spacial score (nSPS) is 11.0. The van der Waals surface area contributed by atoms with Crippen molar-refractivity contribution in [2.24, 2.45) is 0 Å². The van der Waals surface area contributed by atoms with Gasteiger partial charge in [-0.15, -0.1) is 0 Å². The average molecular weight is 309 g/mol. The van der Waals surface area contributed by atoms with Gasteiger partial charge in [-0.3, -0.25) is 5.32 Å². The molecule has 0 spiro atoms. The Morgan fingerprint density at radius 3 is 2.78 bits per heavy atom. The Balaban J connectivity index is 1.96. The lowest BCUT2D eigenvalue weighted by Gasteiger charge is -2.07. The summed E-state index contributed by atoms with van der Waals surface area (Å²) >= 11 is 0. The third-order valence-corrected chi connectivity index (χ3v) is 3.64. The topological polar surface area (TPSA) is 71.3 Å². The van der Waals surface area contributed by atoms with Gasteiger partial charge in [0.15, 0.2) is 11.5 Å². The molecule has 0 bridgehead atoms. The first-order valence-electron chi connectivity index (χ1n) is 7.52. The lowest BCUT2D eigenvalue weighted by molar-refractivity contribution is 0.254. The molecule has 0 unspecified atom stereocenters. The van der Waals surface area contributed by atoms with E-state index in [4.69, 9.17) is 0 Å². The molecule has 2 aromatic heterocycles. The van der Waals surface area contributed by atoms with Crippen molar-refractivity contribution in [3.05, 3.63) is 48.2 Å². The molecule has 118 valence electrons. The minimum absolute atomic E-state index is 0.307. The van der Waals surface area contributed by atoms with E-state index in [0.29, 0.717) is 17.4 Å². The van der Waals surface area contributed by atoms with Gasteiger partial charge in [-0.05, 0) is 29.7 Å². The lowest BCUT2D eigenvalue weighted by atomic mass is 10.00. The van der Waals surface area contributed by atoms with Crippen molar-refractivity contribution in [3.8, 4) is 11.3 Å². The molecule has 3 aromatic rings. The predicted molar refractivity (Wildman–Crippen MR) is 90.6 cm³/mol. The fourth-order valence-corrected chi connectivity index (χ4v) is 2.33. The number of hydrogen-bond donors (Lipinski definition) is 2. The number of urea groups is 1. The quantitative estimate of drug-likeness (QED) is 0.780. The van der Waals surface area contributed by atoms with Crippen LogP contribution in [0.2, 0.25) is 0 Å². The number of carbonyl (C=O) groups is 1. The van der Waals surface area contributed by atoms with Crippen LogP contribution in [0.15, 0.2) is 42.6 Å². The summed E-state index contributed by atoms with van der Waals surface area (Å²) < 4.78 is 1.67. The zero-order chi connectivity index (χ0) is 16.4. The maximum Gasteiger partial charge on any atom is 0.320 e.